The van der Waals surface area contributed by atoms with Gasteiger partial charge in [0.15, 0.2) is 0 Å². The lowest BCUT2D eigenvalue weighted by atomic mass is 10.1. The molecule has 0 aliphatic heterocycles. The van der Waals surface area contributed by atoms with Crippen LogP contribution in [0, 0.1) is 0 Å². The maximum atomic E-state index is 5.73. The van der Waals surface area contributed by atoms with Gasteiger partial charge in [0.25, 0.3) is 0 Å². The Bertz CT molecular complexity index is 578. The first kappa shape index (κ1) is 15.4. The summed E-state index contributed by atoms with van der Waals surface area (Å²) in [4.78, 5) is 2.22. The van der Waals surface area contributed by atoms with E-state index in [9.17, 15) is 0 Å². The molecule has 3 nitrogen and oxygen atoms in total. The van der Waals surface area contributed by atoms with Crippen molar-refractivity contribution in [3.8, 4) is 5.75 Å². The first-order valence-electron chi connectivity index (χ1n) is 7.33. The van der Waals surface area contributed by atoms with Crippen molar-refractivity contribution in [2.24, 2.45) is 5.73 Å². The summed E-state index contributed by atoms with van der Waals surface area (Å²) in [6.45, 7) is 3.51. The highest BCUT2D eigenvalue weighted by molar-refractivity contribution is 5.49. The Hall–Kier alpha value is -2.00. The molecular weight excluding hydrogens is 260 g/mol. The molecule has 2 N–H and O–H groups in total. The molecule has 0 aliphatic carbocycles. The summed E-state index contributed by atoms with van der Waals surface area (Å²) in [5, 5.41) is 0. The van der Waals surface area contributed by atoms with Gasteiger partial charge in [0.1, 0.15) is 5.75 Å². The molecule has 0 aromatic heterocycles. The SMILES string of the molecule is CCc1ccc(N(C)Cc2cc(CN)ccc2OC)cc1. The lowest BCUT2D eigenvalue weighted by Crippen LogP contribution is -2.17. The maximum Gasteiger partial charge on any atom is 0.123 e. The van der Waals surface area contributed by atoms with E-state index in [0.29, 0.717) is 6.54 Å². The molecule has 0 saturated heterocycles. The van der Waals surface area contributed by atoms with Crippen LogP contribution in [0.2, 0.25) is 0 Å². The summed E-state index contributed by atoms with van der Waals surface area (Å²) >= 11 is 0. The standard InChI is InChI=1S/C18H24N2O/c1-4-14-5-8-17(9-6-14)20(2)13-16-11-15(12-19)7-10-18(16)21-3/h5-11H,4,12-13,19H2,1-3H3. The minimum Gasteiger partial charge on any atom is -0.496 e. The zero-order valence-corrected chi connectivity index (χ0v) is 13.1. The number of hydrogen-bond donors (Lipinski definition) is 1. The van der Waals surface area contributed by atoms with E-state index in [2.05, 4.69) is 49.2 Å². The molecule has 0 heterocycles. The van der Waals surface area contributed by atoms with Crippen molar-refractivity contribution in [2.45, 2.75) is 26.4 Å². The maximum absolute atomic E-state index is 5.73. The van der Waals surface area contributed by atoms with Crippen LogP contribution >= 0.6 is 0 Å². The van der Waals surface area contributed by atoms with E-state index < -0.39 is 0 Å². The second-order valence-corrected chi connectivity index (χ2v) is 5.23. The Morgan fingerprint density at radius 2 is 1.71 bits per heavy atom. The van der Waals surface area contributed by atoms with E-state index in [1.165, 1.54) is 11.3 Å². The molecule has 0 amide bonds. The van der Waals surface area contributed by atoms with Gasteiger partial charge in [-0.15, -0.1) is 0 Å². The lowest BCUT2D eigenvalue weighted by Gasteiger charge is -2.21. The Labute approximate surface area is 127 Å². The molecule has 112 valence electrons. The van der Waals surface area contributed by atoms with Crippen LogP contribution < -0.4 is 15.4 Å². The number of ether oxygens (including phenoxy) is 1. The minimum absolute atomic E-state index is 0.548. The third-order valence-electron chi connectivity index (χ3n) is 3.77. The van der Waals surface area contributed by atoms with Crippen molar-refractivity contribution < 1.29 is 4.74 Å². The van der Waals surface area contributed by atoms with Gasteiger partial charge >= 0.3 is 0 Å². The summed E-state index contributed by atoms with van der Waals surface area (Å²) in [5.74, 6) is 0.907. The molecule has 21 heavy (non-hydrogen) atoms. The number of hydrogen-bond acceptors (Lipinski definition) is 3. The van der Waals surface area contributed by atoms with Crippen LogP contribution in [0.5, 0.6) is 5.75 Å². The van der Waals surface area contributed by atoms with Crippen molar-refractivity contribution in [3.05, 3.63) is 59.2 Å². The van der Waals surface area contributed by atoms with Crippen molar-refractivity contribution >= 4 is 5.69 Å². The predicted octanol–water partition coefficient (Wildman–Crippen LogP) is 3.35. The number of nitrogens with zero attached hydrogens (tertiary/aromatic N) is 1. The van der Waals surface area contributed by atoms with Gasteiger partial charge in [0.2, 0.25) is 0 Å². The van der Waals surface area contributed by atoms with E-state index in [0.717, 1.165) is 29.8 Å². The fourth-order valence-electron chi connectivity index (χ4n) is 2.42. The van der Waals surface area contributed by atoms with E-state index in [1.54, 1.807) is 7.11 Å². The van der Waals surface area contributed by atoms with Crippen LogP contribution in [0.15, 0.2) is 42.5 Å². The molecule has 2 rings (SSSR count). The lowest BCUT2D eigenvalue weighted by molar-refractivity contribution is 0.409. The molecule has 2 aromatic rings. The van der Waals surface area contributed by atoms with Gasteiger partial charge < -0.3 is 15.4 Å². The van der Waals surface area contributed by atoms with Crippen molar-refractivity contribution in [1.29, 1.82) is 0 Å². The van der Waals surface area contributed by atoms with Crippen LogP contribution in [0.25, 0.3) is 0 Å². The van der Waals surface area contributed by atoms with Crippen LogP contribution in [-0.2, 0) is 19.5 Å². The van der Waals surface area contributed by atoms with Crippen molar-refractivity contribution in [3.63, 3.8) is 0 Å². The molecule has 0 spiro atoms. The molecular formula is C18H24N2O. The van der Waals surface area contributed by atoms with Gasteiger partial charge in [-0.2, -0.15) is 0 Å². The van der Waals surface area contributed by atoms with E-state index in [4.69, 9.17) is 10.5 Å². The number of methoxy groups -OCH3 is 1. The first-order chi connectivity index (χ1) is 10.2. The van der Waals surface area contributed by atoms with Crippen LogP contribution in [0.4, 0.5) is 5.69 Å². The van der Waals surface area contributed by atoms with Gasteiger partial charge in [-0.05, 0) is 41.8 Å². The monoisotopic (exact) mass is 284 g/mol. The first-order valence-corrected chi connectivity index (χ1v) is 7.33. The second kappa shape index (κ2) is 7.14. The van der Waals surface area contributed by atoms with Crippen LogP contribution in [0.1, 0.15) is 23.6 Å². The van der Waals surface area contributed by atoms with E-state index in [1.807, 2.05) is 12.1 Å². The molecule has 2 aromatic carbocycles. The number of benzene rings is 2. The minimum atomic E-state index is 0.548. The van der Waals surface area contributed by atoms with Gasteiger partial charge in [-0.25, -0.2) is 0 Å². The Kier molecular flexibility index (Phi) is 5.23. The second-order valence-electron chi connectivity index (χ2n) is 5.23. The third kappa shape index (κ3) is 3.76. The Morgan fingerprint density at radius 3 is 2.29 bits per heavy atom. The fourth-order valence-corrected chi connectivity index (χ4v) is 2.42. The number of anilines is 1. The number of aryl methyl sites for hydroxylation is 1. The predicted molar refractivity (Wildman–Crippen MR) is 88.8 cm³/mol. The zero-order valence-electron chi connectivity index (χ0n) is 13.1. The molecule has 0 radical (unpaired) electrons. The highest BCUT2D eigenvalue weighted by Crippen LogP contribution is 2.24. The smallest absolute Gasteiger partial charge is 0.123 e. The van der Waals surface area contributed by atoms with Crippen LogP contribution in [0.3, 0.4) is 0 Å². The highest BCUT2D eigenvalue weighted by atomic mass is 16.5. The van der Waals surface area contributed by atoms with Gasteiger partial charge in [-0.1, -0.05) is 25.1 Å². The van der Waals surface area contributed by atoms with Gasteiger partial charge in [0.05, 0.1) is 7.11 Å². The largest absolute Gasteiger partial charge is 0.496 e. The third-order valence-corrected chi connectivity index (χ3v) is 3.77. The number of nitrogens with two attached hydrogens (primary N) is 1. The average molecular weight is 284 g/mol. The number of rotatable bonds is 6. The Morgan fingerprint density at radius 1 is 1.05 bits per heavy atom. The molecule has 3 heteroatoms. The Balaban J connectivity index is 2.19. The summed E-state index contributed by atoms with van der Waals surface area (Å²) in [6.07, 6.45) is 1.07. The normalized spacial score (nSPS) is 10.5. The summed E-state index contributed by atoms with van der Waals surface area (Å²) in [5.41, 5.74) is 10.6. The highest BCUT2D eigenvalue weighted by Gasteiger charge is 2.08. The quantitative estimate of drug-likeness (QED) is 0.884. The summed E-state index contributed by atoms with van der Waals surface area (Å²) < 4.78 is 5.45. The zero-order chi connectivity index (χ0) is 15.2. The van der Waals surface area contributed by atoms with Gasteiger partial charge in [-0.3, -0.25) is 0 Å². The fraction of sp³-hybridized carbons (Fsp3) is 0.333. The average Bonchev–Trinajstić information content (AvgIpc) is 2.54. The molecule has 0 aliphatic rings. The van der Waals surface area contributed by atoms with E-state index >= 15 is 0 Å². The van der Waals surface area contributed by atoms with Crippen LogP contribution in [-0.4, -0.2) is 14.2 Å². The van der Waals surface area contributed by atoms with E-state index in [-0.39, 0.29) is 0 Å². The summed E-state index contributed by atoms with van der Waals surface area (Å²) in [7, 11) is 3.80. The van der Waals surface area contributed by atoms with Crippen molar-refractivity contribution in [2.75, 3.05) is 19.1 Å². The summed E-state index contributed by atoms with van der Waals surface area (Å²) in [6, 6.07) is 14.8. The molecule has 0 atom stereocenters. The topological polar surface area (TPSA) is 38.5 Å². The van der Waals surface area contributed by atoms with Gasteiger partial charge in [0, 0.05) is 31.4 Å². The molecule has 0 fully saturated rings. The molecule has 0 bridgehead atoms. The molecule has 0 saturated carbocycles. The van der Waals surface area contributed by atoms with Crippen molar-refractivity contribution in [1.82, 2.24) is 0 Å². The molecule has 0 unspecified atom stereocenters.